The molecule has 0 fully saturated rings. The third-order valence-electron chi connectivity index (χ3n) is 11.8. The Labute approximate surface area is 414 Å². The van der Waals surface area contributed by atoms with Crippen molar-refractivity contribution in [2.24, 2.45) is 0 Å². The number of phosphoric acid groups is 1. The minimum atomic E-state index is -4.63. The van der Waals surface area contributed by atoms with Gasteiger partial charge in [0.25, 0.3) is 7.82 Å². The third-order valence-corrected chi connectivity index (χ3v) is 12.8. The van der Waals surface area contributed by atoms with Crippen LogP contribution in [0.15, 0.2) is 85.1 Å². The molecule has 3 unspecified atom stereocenters. The van der Waals surface area contributed by atoms with Gasteiger partial charge in [0.2, 0.25) is 5.91 Å². The van der Waals surface area contributed by atoms with Crippen LogP contribution in [0.1, 0.15) is 226 Å². The van der Waals surface area contributed by atoms with Crippen molar-refractivity contribution in [3.8, 4) is 0 Å². The lowest BCUT2D eigenvalue weighted by Gasteiger charge is -2.29. The Balaban J connectivity index is 4.23. The molecular formula is C58H105N2O6P. The first-order valence-electron chi connectivity index (χ1n) is 27.4. The van der Waals surface area contributed by atoms with Crippen LogP contribution in [0, 0.1) is 0 Å². The molecule has 0 aliphatic carbocycles. The molecule has 0 spiro atoms. The van der Waals surface area contributed by atoms with Gasteiger partial charge >= 0.3 is 0 Å². The number of allylic oxidation sites excluding steroid dienone is 13. The van der Waals surface area contributed by atoms with Gasteiger partial charge < -0.3 is 28.8 Å². The number of hydrogen-bond donors (Lipinski definition) is 2. The van der Waals surface area contributed by atoms with Gasteiger partial charge in [-0.1, -0.05) is 234 Å². The molecule has 388 valence electrons. The smallest absolute Gasteiger partial charge is 0.268 e. The molecule has 0 saturated carbocycles. The first kappa shape index (κ1) is 64.7. The predicted molar refractivity (Wildman–Crippen MR) is 288 cm³/mol. The van der Waals surface area contributed by atoms with Gasteiger partial charge in [-0.3, -0.25) is 9.36 Å². The molecule has 8 nitrogen and oxygen atoms in total. The Bertz CT molecular complexity index is 1360. The number of carbonyl (C=O) groups is 1. The van der Waals surface area contributed by atoms with Crippen LogP contribution in [0.4, 0.5) is 0 Å². The lowest BCUT2D eigenvalue weighted by molar-refractivity contribution is -0.870. The monoisotopic (exact) mass is 957 g/mol. The van der Waals surface area contributed by atoms with E-state index in [0.717, 1.165) is 44.9 Å². The lowest BCUT2D eigenvalue weighted by Crippen LogP contribution is -2.45. The molecule has 0 bridgehead atoms. The van der Waals surface area contributed by atoms with E-state index in [0.29, 0.717) is 23.9 Å². The summed E-state index contributed by atoms with van der Waals surface area (Å²) in [5, 5.41) is 13.7. The number of aliphatic hydroxyl groups excluding tert-OH is 1. The van der Waals surface area contributed by atoms with Gasteiger partial charge in [-0.25, -0.2) is 0 Å². The second-order valence-corrected chi connectivity index (χ2v) is 20.9. The number of phosphoric ester groups is 1. The number of hydrogen-bond acceptors (Lipinski definition) is 6. The fraction of sp³-hybridized carbons (Fsp3) is 0.741. The maximum Gasteiger partial charge on any atom is 0.268 e. The van der Waals surface area contributed by atoms with Gasteiger partial charge in [-0.15, -0.1) is 0 Å². The third kappa shape index (κ3) is 51.4. The van der Waals surface area contributed by atoms with Crippen LogP contribution in [0.2, 0.25) is 0 Å². The molecule has 0 aliphatic rings. The zero-order valence-electron chi connectivity index (χ0n) is 44.1. The van der Waals surface area contributed by atoms with E-state index in [1.165, 1.54) is 148 Å². The maximum atomic E-state index is 12.8. The van der Waals surface area contributed by atoms with Gasteiger partial charge in [0.05, 0.1) is 39.9 Å². The summed E-state index contributed by atoms with van der Waals surface area (Å²) in [7, 11) is 1.18. The highest BCUT2D eigenvalue weighted by atomic mass is 31.2. The van der Waals surface area contributed by atoms with Crippen molar-refractivity contribution in [1.29, 1.82) is 0 Å². The molecule has 1 amide bonds. The standard InChI is InChI=1S/C58H105N2O6P/c1-6-8-10-12-14-16-18-20-21-22-23-24-25-26-27-28-29-30-31-32-33-34-35-36-37-38-40-41-43-45-47-49-51-57(61)56(55-66-67(63,64)65-54-53-60(3,4)5)59-58(62)52-50-48-46-44-42-39-19-17-15-13-11-9-7-2/h9,11,15,17,36-37,39,41-43,46,48-49,51,56-57,61H,6-8,10,12-14,16,18-35,38,40,44-45,47,50,52-55H2,1-5H3,(H-,59,62,63,64)/b11-9-,17-15-,37-36+,42-39-,43-41+,48-46-,51-49+. The molecule has 0 rings (SSSR count). The van der Waals surface area contributed by atoms with Crippen molar-refractivity contribution in [3.63, 3.8) is 0 Å². The highest BCUT2D eigenvalue weighted by Gasteiger charge is 2.23. The van der Waals surface area contributed by atoms with E-state index in [4.69, 9.17) is 9.05 Å². The maximum absolute atomic E-state index is 12.8. The number of quaternary nitrogens is 1. The largest absolute Gasteiger partial charge is 0.756 e. The number of nitrogens with one attached hydrogen (secondary N) is 1. The first-order valence-corrected chi connectivity index (χ1v) is 28.9. The van der Waals surface area contributed by atoms with E-state index in [-0.39, 0.29) is 18.9 Å². The normalized spacial score (nSPS) is 14.7. The van der Waals surface area contributed by atoms with E-state index >= 15 is 0 Å². The van der Waals surface area contributed by atoms with Crippen LogP contribution in [0.5, 0.6) is 0 Å². The molecule has 0 aromatic carbocycles. The average Bonchev–Trinajstić information content (AvgIpc) is 3.29. The van der Waals surface area contributed by atoms with E-state index in [1.54, 1.807) is 6.08 Å². The van der Waals surface area contributed by atoms with E-state index < -0.39 is 26.6 Å². The summed E-state index contributed by atoms with van der Waals surface area (Å²) < 4.78 is 23.2. The predicted octanol–water partition coefficient (Wildman–Crippen LogP) is 15.8. The van der Waals surface area contributed by atoms with Crippen LogP contribution in [0.25, 0.3) is 0 Å². The molecule has 0 saturated heterocycles. The SMILES string of the molecule is CC/C=C\C/C=C\C/C=C\C/C=C\CCC(=O)NC(COP(=O)([O-])OCC[N+](C)(C)C)C(O)/C=C/CC/C=C/CC/C=C/CCCCCCCCCCCCCCCCCCCCCCCC. The molecule has 0 heterocycles. The topological polar surface area (TPSA) is 108 Å². The molecule has 0 radical (unpaired) electrons. The second-order valence-electron chi connectivity index (χ2n) is 19.5. The Kier molecular flexibility index (Phi) is 47.0. The van der Waals surface area contributed by atoms with Crippen molar-refractivity contribution in [1.82, 2.24) is 5.32 Å². The molecule has 0 aliphatic heterocycles. The van der Waals surface area contributed by atoms with Crippen LogP contribution in [-0.2, 0) is 18.4 Å². The van der Waals surface area contributed by atoms with Gasteiger partial charge in [-0.05, 0) is 70.6 Å². The summed E-state index contributed by atoms with van der Waals surface area (Å²) in [6.45, 7) is 4.44. The van der Waals surface area contributed by atoms with Crippen molar-refractivity contribution < 1.29 is 32.9 Å². The molecule has 9 heteroatoms. The molecule has 0 aromatic rings. The highest BCUT2D eigenvalue weighted by molar-refractivity contribution is 7.45. The van der Waals surface area contributed by atoms with Crippen LogP contribution < -0.4 is 10.2 Å². The molecule has 0 aromatic heterocycles. The summed E-state index contributed by atoms with van der Waals surface area (Å²) in [4.78, 5) is 25.3. The summed E-state index contributed by atoms with van der Waals surface area (Å²) in [6, 6.07) is -0.953. The van der Waals surface area contributed by atoms with Crippen molar-refractivity contribution >= 4 is 13.7 Å². The second kappa shape index (κ2) is 48.7. The Morgan fingerprint density at radius 1 is 0.537 bits per heavy atom. The number of amides is 1. The number of rotatable bonds is 49. The minimum absolute atomic E-state index is 0.0257. The van der Waals surface area contributed by atoms with E-state index in [9.17, 15) is 19.4 Å². The van der Waals surface area contributed by atoms with Crippen LogP contribution >= 0.6 is 7.82 Å². The van der Waals surface area contributed by atoms with Crippen molar-refractivity contribution in [3.05, 3.63) is 85.1 Å². The number of unbranched alkanes of at least 4 members (excludes halogenated alkanes) is 24. The number of nitrogens with zero attached hydrogens (tertiary/aromatic N) is 1. The molecule has 67 heavy (non-hydrogen) atoms. The Morgan fingerprint density at radius 2 is 0.925 bits per heavy atom. The fourth-order valence-electron chi connectivity index (χ4n) is 7.55. The number of carbonyl (C=O) groups excluding carboxylic acids is 1. The zero-order valence-corrected chi connectivity index (χ0v) is 45.0. The molecular weight excluding hydrogens is 852 g/mol. The summed E-state index contributed by atoms with van der Waals surface area (Å²) >= 11 is 0. The Morgan fingerprint density at radius 3 is 1.37 bits per heavy atom. The Hall–Kier alpha value is -2.32. The minimum Gasteiger partial charge on any atom is -0.756 e. The summed E-state index contributed by atoms with van der Waals surface area (Å²) in [5.41, 5.74) is 0. The van der Waals surface area contributed by atoms with E-state index in [2.05, 4.69) is 79.9 Å². The highest BCUT2D eigenvalue weighted by Crippen LogP contribution is 2.38. The van der Waals surface area contributed by atoms with Gasteiger partial charge in [0.1, 0.15) is 13.2 Å². The quantitative estimate of drug-likeness (QED) is 0.0272. The summed E-state index contributed by atoms with van der Waals surface area (Å²) in [6.07, 6.45) is 68.5. The fourth-order valence-corrected chi connectivity index (χ4v) is 8.27. The lowest BCUT2D eigenvalue weighted by atomic mass is 10.0. The zero-order chi connectivity index (χ0) is 49.2. The van der Waals surface area contributed by atoms with Crippen LogP contribution in [0.3, 0.4) is 0 Å². The van der Waals surface area contributed by atoms with Gasteiger partial charge in [-0.2, -0.15) is 0 Å². The number of likely N-dealkylation sites (N-methyl/N-ethyl adjacent to an activating group) is 1. The van der Waals surface area contributed by atoms with Gasteiger partial charge in [0, 0.05) is 6.42 Å². The van der Waals surface area contributed by atoms with Gasteiger partial charge in [0.15, 0.2) is 0 Å². The summed E-state index contributed by atoms with van der Waals surface area (Å²) in [5.74, 6) is -0.293. The van der Waals surface area contributed by atoms with E-state index in [1.807, 2.05) is 39.4 Å². The molecule has 2 N–H and O–H groups in total. The van der Waals surface area contributed by atoms with Crippen LogP contribution in [-0.4, -0.2) is 68.5 Å². The molecule has 3 atom stereocenters. The average molecular weight is 957 g/mol. The van der Waals surface area contributed by atoms with Crippen molar-refractivity contribution in [2.45, 2.75) is 238 Å². The first-order chi connectivity index (χ1) is 32.5. The number of aliphatic hydroxyl groups is 1. The van der Waals surface area contributed by atoms with Crippen molar-refractivity contribution in [2.75, 3.05) is 40.9 Å².